The van der Waals surface area contributed by atoms with E-state index in [-0.39, 0.29) is 0 Å². The average molecular weight is 310 g/mol. The Morgan fingerprint density at radius 3 is 2.22 bits per heavy atom. The van der Waals surface area contributed by atoms with E-state index < -0.39 is 0 Å². The highest BCUT2D eigenvalue weighted by atomic mass is 15.3. The monoisotopic (exact) mass is 310 g/mol. The van der Waals surface area contributed by atoms with Gasteiger partial charge in [-0.1, -0.05) is 55.8 Å². The lowest BCUT2D eigenvalue weighted by molar-refractivity contribution is -0.0121. The predicted octanol–water partition coefficient (Wildman–Crippen LogP) is 3.80. The molecule has 2 nitrogen and oxygen atoms in total. The summed E-state index contributed by atoms with van der Waals surface area (Å²) in [5.74, 6) is 1.82. The summed E-state index contributed by atoms with van der Waals surface area (Å²) >= 11 is 0. The molecule has 2 bridgehead atoms. The van der Waals surface area contributed by atoms with Crippen LogP contribution in [-0.2, 0) is 6.54 Å². The molecule has 4 aliphatic rings. The minimum absolute atomic E-state index is 0.569. The van der Waals surface area contributed by atoms with Crippen molar-refractivity contribution in [3.8, 4) is 0 Å². The van der Waals surface area contributed by atoms with E-state index in [1.54, 1.807) is 5.57 Å². The molecule has 3 aliphatic carbocycles. The Morgan fingerprint density at radius 1 is 0.957 bits per heavy atom. The number of hydrogen-bond donors (Lipinski definition) is 0. The molecule has 1 aromatic rings. The molecule has 5 rings (SSSR count). The molecular formula is C21H30N2. The molecule has 1 aliphatic heterocycles. The summed E-state index contributed by atoms with van der Waals surface area (Å²) in [7, 11) is 0. The van der Waals surface area contributed by atoms with Crippen LogP contribution in [0.3, 0.4) is 0 Å². The van der Waals surface area contributed by atoms with Gasteiger partial charge in [-0.3, -0.25) is 9.80 Å². The second kappa shape index (κ2) is 6.07. The zero-order valence-corrected chi connectivity index (χ0v) is 14.7. The number of hydrogen-bond acceptors (Lipinski definition) is 2. The van der Waals surface area contributed by atoms with E-state index in [2.05, 4.69) is 60.1 Å². The largest absolute Gasteiger partial charge is 0.297 e. The SMILES string of the molecule is CC1(C)[C@@H]2CC=C(CN3CCN(Cc4ccccc4)CC3)[C@H]1C2. The number of fused-ring (bicyclic) bond motifs is 1. The van der Waals surface area contributed by atoms with Crippen LogP contribution in [0.25, 0.3) is 0 Å². The third kappa shape index (κ3) is 2.99. The summed E-state index contributed by atoms with van der Waals surface area (Å²) in [4.78, 5) is 5.28. The zero-order chi connectivity index (χ0) is 15.9. The molecule has 2 fully saturated rings. The van der Waals surface area contributed by atoms with Crippen molar-refractivity contribution in [3.63, 3.8) is 0 Å². The first-order chi connectivity index (χ1) is 11.1. The van der Waals surface area contributed by atoms with Gasteiger partial charge in [-0.05, 0) is 35.7 Å². The van der Waals surface area contributed by atoms with Gasteiger partial charge in [0.15, 0.2) is 0 Å². The lowest BCUT2D eigenvalue weighted by atomic mass is 9.49. The molecular weight excluding hydrogens is 280 g/mol. The highest BCUT2D eigenvalue weighted by Crippen LogP contribution is 2.59. The first-order valence-corrected chi connectivity index (χ1v) is 9.30. The van der Waals surface area contributed by atoms with Gasteiger partial charge in [-0.2, -0.15) is 0 Å². The van der Waals surface area contributed by atoms with E-state index >= 15 is 0 Å². The topological polar surface area (TPSA) is 6.48 Å². The normalized spacial score (nSPS) is 30.6. The van der Waals surface area contributed by atoms with Crippen LogP contribution in [0, 0.1) is 17.3 Å². The fourth-order valence-electron chi connectivity index (χ4n) is 4.86. The molecule has 2 heteroatoms. The fourth-order valence-corrected chi connectivity index (χ4v) is 4.86. The van der Waals surface area contributed by atoms with E-state index in [9.17, 15) is 0 Å². The van der Waals surface area contributed by atoms with Crippen molar-refractivity contribution < 1.29 is 0 Å². The summed E-state index contributed by atoms with van der Waals surface area (Å²) in [5, 5.41) is 0. The third-order valence-electron chi connectivity index (χ3n) is 6.70. The van der Waals surface area contributed by atoms with Gasteiger partial charge in [0.25, 0.3) is 0 Å². The molecule has 2 atom stereocenters. The molecule has 23 heavy (non-hydrogen) atoms. The fraction of sp³-hybridized carbons (Fsp3) is 0.619. The van der Waals surface area contributed by atoms with Gasteiger partial charge in [0.1, 0.15) is 0 Å². The smallest absolute Gasteiger partial charge is 0.0234 e. The maximum Gasteiger partial charge on any atom is 0.0234 e. The number of nitrogens with zero attached hydrogens (tertiary/aromatic N) is 2. The Kier molecular flexibility index (Phi) is 4.07. The third-order valence-corrected chi connectivity index (χ3v) is 6.70. The summed E-state index contributed by atoms with van der Waals surface area (Å²) in [6.45, 7) is 12.2. The first-order valence-electron chi connectivity index (χ1n) is 9.30. The van der Waals surface area contributed by atoms with E-state index in [0.717, 1.165) is 18.4 Å². The van der Waals surface area contributed by atoms with E-state index in [4.69, 9.17) is 0 Å². The molecule has 124 valence electrons. The van der Waals surface area contributed by atoms with Crippen molar-refractivity contribution in [2.75, 3.05) is 32.7 Å². The summed E-state index contributed by atoms with van der Waals surface area (Å²) < 4.78 is 0. The minimum Gasteiger partial charge on any atom is -0.297 e. The van der Waals surface area contributed by atoms with Crippen LogP contribution in [0.4, 0.5) is 0 Å². The first kappa shape index (κ1) is 15.4. The molecule has 0 unspecified atom stereocenters. The van der Waals surface area contributed by atoms with Crippen LogP contribution < -0.4 is 0 Å². The summed E-state index contributed by atoms with van der Waals surface area (Å²) in [6, 6.07) is 10.9. The van der Waals surface area contributed by atoms with E-state index in [1.807, 2.05) is 0 Å². The second-order valence-corrected chi connectivity index (χ2v) is 8.36. The Labute approximate surface area is 141 Å². The molecule has 1 saturated carbocycles. The quantitative estimate of drug-likeness (QED) is 0.781. The van der Waals surface area contributed by atoms with Crippen molar-refractivity contribution in [3.05, 3.63) is 47.5 Å². The zero-order valence-electron chi connectivity index (χ0n) is 14.7. The van der Waals surface area contributed by atoms with Gasteiger partial charge in [0.05, 0.1) is 0 Å². The van der Waals surface area contributed by atoms with Gasteiger partial charge in [0.2, 0.25) is 0 Å². The maximum atomic E-state index is 2.68. The molecule has 0 radical (unpaired) electrons. The van der Waals surface area contributed by atoms with Gasteiger partial charge in [-0.15, -0.1) is 0 Å². The lowest BCUT2D eigenvalue weighted by Crippen LogP contribution is -2.52. The van der Waals surface area contributed by atoms with Crippen LogP contribution in [-0.4, -0.2) is 42.5 Å². The van der Waals surface area contributed by atoms with Crippen molar-refractivity contribution >= 4 is 0 Å². The van der Waals surface area contributed by atoms with Crippen LogP contribution in [0.5, 0.6) is 0 Å². The number of benzene rings is 1. The Morgan fingerprint density at radius 2 is 1.61 bits per heavy atom. The van der Waals surface area contributed by atoms with Gasteiger partial charge >= 0.3 is 0 Å². The van der Waals surface area contributed by atoms with Gasteiger partial charge in [0, 0.05) is 39.3 Å². The van der Waals surface area contributed by atoms with Crippen molar-refractivity contribution in [1.29, 1.82) is 0 Å². The summed E-state index contributed by atoms with van der Waals surface area (Å²) in [5.41, 5.74) is 3.76. The van der Waals surface area contributed by atoms with Crippen LogP contribution in [0.1, 0.15) is 32.3 Å². The van der Waals surface area contributed by atoms with Gasteiger partial charge in [-0.25, -0.2) is 0 Å². The molecule has 0 spiro atoms. The Bertz CT molecular complexity index is 567. The molecule has 0 aromatic heterocycles. The lowest BCUT2D eigenvalue weighted by Gasteiger charge is -2.57. The molecule has 1 aromatic carbocycles. The summed E-state index contributed by atoms with van der Waals surface area (Å²) in [6.07, 6.45) is 5.35. The molecule has 1 heterocycles. The minimum atomic E-state index is 0.569. The number of rotatable bonds is 4. The van der Waals surface area contributed by atoms with Crippen molar-refractivity contribution in [2.24, 2.45) is 17.3 Å². The van der Waals surface area contributed by atoms with Crippen molar-refractivity contribution in [1.82, 2.24) is 9.80 Å². The van der Waals surface area contributed by atoms with Crippen LogP contribution >= 0.6 is 0 Å². The highest BCUT2D eigenvalue weighted by Gasteiger charge is 2.51. The number of allylic oxidation sites excluding steroid dienone is 1. The standard InChI is InChI=1S/C21H30N2/c1-21(2)19-9-8-18(20(21)14-19)16-23-12-10-22(11-13-23)15-17-6-4-3-5-7-17/h3-8,19-20H,9-16H2,1-2H3/t19-,20-/m1/s1. The predicted molar refractivity (Wildman–Crippen MR) is 96.2 cm³/mol. The Hall–Kier alpha value is -1.12. The molecule has 0 amide bonds. The average Bonchev–Trinajstić information content (AvgIpc) is 2.57. The van der Waals surface area contributed by atoms with Crippen molar-refractivity contribution in [2.45, 2.75) is 33.2 Å². The van der Waals surface area contributed by atoms with Crippen LogP contribution in [0.15, 0.2) is 42.0 Å². The van der Waals surface area contributed by atoms with Gasteiger partial charge < -0.3 is 0 Å². The molecule has 0 N–H and O–H groups in total. The van der Waals surface area contributed by atoms with Crippen LogP contribution in [0.2, 0.25) is 0 Å². The number of piperazine rings is 1. The van der Waals surface area contributed by atoms with E-state index in [1.165, 1.54) is 51.1 Å². The second-order valence-electron chi connectivity index (χ2n) is 8.36. The highest BCUT2D eigenvalue weighted by molar-refractivity contribution is 5.24. The Balaban J connectivity index is 1.28. The molecule has 1 saturated heterocycles. The maximum absolute atomic E-state index is 2.68. The van der Waals surface area contributed by atoms with E-state index in [0.29, 0.717) is 5.41 Å².